The van der Waals surface area contributed by atoms with Gasteiger partial charge in [0.05, 0.1) is 32.1 Å². The number of halogens is 9. The molecule has 0 aromatic heterocycles. The molecule has 0 bridgehead atoms. The van der Waals surface area contributed by atoms with Crippen LogP contribution in [0.4, 0.5) is 26.3 Å². The van der Waals surface area contributed by atoms with Crippen LogP contribution in [0, 0.1) is 0 Å². The van der Waals surface area contributed by atoms with Gasteiger partial charge in [-0.3, -0.25) is 4.79 Å². The number of hydrogen-bond donors (Lipinski definition) is 2. The summed E-state index contributed by atoms with van der Waals surface area (Å²) in [6.45, 7) is 0. The highest BCUT2D eigenvalue weighted by Gasteiger charge is 2.52. The summed E-state index contributed by atoms with van der Waals surface area (Å²) in [6, 6.07) is 4.18. The lowest BCUT2D eigenvalue weighted by atomic mass is 9.96. The van der Waals surface area contributed by atoms with E-state index in [4.69, 9.17) is 39.9 Å². The van der Waals surface area contributed by atoms with Crippen LogP contribution in [0.3, 0.4) is 0 Å². The zero-order chi connectivity index (χ0) is 26.3. The van der Waals surface area contributed by atoms with Gasteiger partial charge in [-0.25, -0.2) is 4.79 Å². The van der Waals surface area contributed by atoms with E-state index in [1.54, 1.807) is 0 Å². The number of alkyl halides is 6. The standard InChI is InChI=1S/C22H14Cl3F6NO3/c23-15-8-11(9-16(24)17(15)25)13(21(26,27)28)4-2-10-1-3-12(14(7-10)22(29,30)31)18(33)32-20(5-6-20)19(34)35/h1-4,7-9,13H,5-6H2,(H,32,33)(H,34,35). The molecule has 2 aromatic carbocycles. The van der Waals surface area contributed by atoms with Gasteiger partial charge in [-0.1, -0.05) is 53.0 Å². The van der Waals surface area contributed by atoms with E-state index in [0.717, 1.165) is 30.3 Å². The number of allylic oxidation sites excluding steroid dienone is 1. The molecule has 0 spiro atoms. The number of hydrogen-bond acceptors (Lipinski definition) is 2. The van der Waals surface area contributed by atoms with E-state index in [1.165, 1.54) is 0 Å². The predicted molar refractivity (Wildman–Crippen MR) is 118 cm³/mol. The monoisotopic (exact) mass is 559 g/mol. The maximum atomic E-state index is 13.7. The van der Waals surface area contributed by atoms with Crippen molar-refractivity contribution in [3.05, 3.63) is 73.7 Å². The van der Waals surface area contributed by atoms with Crippen molar-refractivity contribution < 1.29 is 41.0 Å². The Hall–Kier alpha value is -2.43. The van der Waals surface area contributed by atoms with E-state index in [2.05, 4.69) is 5.32 Å². The van der Waals surface area contributed by atoms with Gasteiger partial charge < -0.3 is 10.4 Å². The number of carbonyl (C=O) groups excluding carboxylic acids is 1. The summed E-state index contributed by atoms with van der Waals surface area (Å²) < 4.78 is 82.0. The summed E-state index contributed by atoms with van der Waals surface area (Å²) in [5.41, 5.74) is -4.58. The highest BCUT2D eigenvalue weighted by molar-refractivity contribution is 6.48. The molecule has 1 aliphatic rings. The van der Waals surface area contributed by atoms with Crippen molar-refractivity contribution in [1.82, 2.24) is 5.32 Å². The molecule has 1 aliphatic carbocycles. The van der Waals surface area contributed by atoms with Gasteiger partial charge >= 0.3 is 18.3 Å². The molecular weight excluding hydrogens is 547 g/mol. The molecule has 0 heterocycles. The molecule has 188 valence electrons. The number of rotatable bonds is 6. The predicted octanol–water partition coefficient (Wildman–Crippen LogP) is 7.37. The van der Waals surface area contributed by atoms with Gasteiger partial charge in [-0.2, -0.15) is 26.3 Å². The van der Waals surface area contributed by atoms with Crippen LogP contribution in [0.5, 0.6) is 0 Å². The van der Waals surface area contributed by atoms with Gasteiger partial charge in [-0.05, 0) is 48.2 Å². The van der Waals surface area contributed by atoms with Gasteiger partial charge in [0, 0.05) is 0 Å². The first-order valence-electron chi connectivity index (χ1n) is 9.72. The zero-order valence-electron chi connectivity index (χ0n) is 17.2. The molecule has 1 amide bonds. The minimum Gasteiger partial charge on any atom is -0.480 e. The van der Waals surface area contributed by atoms with Gasteiger partial charge in [0.2, 0.25) is 0 Å². The number of carboxylic acids is 1. The van der Waals surface area contributed by atoms with Crippen LogP contribution < -0.4 is 5.32 Å². The molecule has 0 saturated heterocycles. The third-order valence-electron chi connectivity index (χ3n) is 5.30. The third kappa shape index (κ3) is 6.05. The Morgan fingerprint density at radius 2 is 1.57 bits per heavy atom. The van der Waals surface area contributed by atoms with Crippen molar-refractivity contribution >= 4 is 52.8 Å². The van der Waals surface area contributed by atoms with Crippen molar-refractivity contribution in [2.24, 2.45) is 0 Å². The van der Waals surface area contributed by atoms with Crippen LogP contribution in [0.2, 0.25) is 15.1 Å². The van der Waals surface area contributed by atoms with E-state index >= 15 is 0 Å². The normalized spacial score (nSPS) is 16.3. The second-order valence-corrected chi connectivity index (χ2v) is 9.01. The van der Waals surface area contributed by atoms with Crippen LogP contribution in [-0.2, 0) is 11.0 Å². The SMILES string of the molecule is O=C(NC1(C(=O)O)CC1)c1ccc(C=CC(c2cc(Cl)c(Cl)c(Cl)c2)C(F)(F)F)cc1C(F)(F)F. The molecule has 13 heteroatoms. The quantitative estimate of drug-likeness (QED) is 0.286. The first-order valence-corrected chi connectivity index (χ1v) is 10.8. The highest BCUT2D eigenvalue weighted by Crippen LogP contribution is 2.42. The van der Waals surface area contributed by atoms with Crippen molar-refractivity contribution in [2.45, 2.75) is 36.7 Å². The summed E-state index contributed by atoms with van der Waals surface area (Å²) in [6.07, 6.45) is -8.34. The number of aliphatic carboxylic acids is 1. The lowest BCUT2D eigenvalue weighted by molar-refractivity contribution is -0.140. The minimum absolute atomic E-state index is 0.0633. The van der Waals surface area contributed by atoms with E-state index in [9.17, 15) is 35.9 Å². The molecule has 1 fully saturated rings. The lowest BCUT2D eigenvalue weighted by Gasteiger charge is -2.19. The van der Waals surface area contributed by atoms with Crippen molar-refractivity contribution in [3.8, 4) is 0 Å². The molecule has 1 atom stereocenters. The van der Waals surface area contributed by atoms with Crippen molar-refractivity contribution in [3.63, 3.8) is 0 Å². The molecule has 0 radical (unpaired) electrons. The maximum absolute atomic E-state index is 13.7. The minimum atomic E-state index is -5.04. The average molecular weight is 561 g/mol. The molecule has 1 unspecified atom stereocenters. The van der Waals surface area contributed by atoms with Crippen molar-refractivity contribution in [2.75, 3.05) is 0 Å². The van der Waals surface area contributed by atoms with Gasteiger partial charge in [0.25, 0.3) is 5.91 Å². The van der Waals surface area contributed by atoms with Gasteiger partial charge in [0.1, 0.15) is 5.54 Å². The Balaban J connectivity index is 1.97. The van der Waals surface area contributed by atoms with E-state index in [1.807, 2.05) is 0 Å². The number of nitrogens with one attached hydrogen (secondary N) is 1. The van der Waals surface area contributed by atoms with Crippen LogP contribution in [0.15, 0.2) is 36.4 Å². The summed E-state index contributed by atoms with van der Waals surface area (Å²) in [5, 5.41) is 10.6. The van der Waals surface area contributed by atoms with E-state index in [0.29, 0.717) is 12.1 Å². The Kier molecular flexibility index (Phi) is 7.41. The Morgan fingerprint density at radius 1 is 1.00 bits per heavy atom. The summed E-state index contributed by atoms with van der Waals surface area (Å²) in [7, 11) is 0. The lowest BCUT2D eigenvalue weighted by Crippen LogP contribution is -2.43. The highest BCUT2D eigenvalue weighted by atomic mass is 35.5. The van der Waals surface area contributed by atoms with Gasteiger partial charge in [-0.15, -0.1) is 0 Å². The first kappa shape index (κ1) is 27.2. The number of benzene rings is 2. The molecule has 0 aliphatic heterocycles. The number of carbonyl (C=O) groups is 2. The summed E-state index contributed by atoms with van der Waals surface area (Å²) in [5.74, 6) is -4.91. The Labute approximate surface area is 209 Å². The third-order valence-corrected chi connectivity index (χ3v) is 6.50. The van der Waals surface area contributed by atoms with E-state index < -0.39 is 46.8 Å². The second-order valence-electron chi connectivity index (χ2n) is 7.82. The van der Waals surface area contributed by atoms with Gasteiger partial charge in [0.15, 0.2) is 0 Å². The largest absolute Gasteiger partial charge is 0.480 e. The molecule has 4 nitrogen and oxygen atoms in total. The first-order chi connectivity index (χ1) is 16.0. The van der Waals surface area contributed by atoms with Crippen LogP contribution in [0.1, 0.15) is 45.8 Å². The summed E-state index contributed by atoms with van der Waals surface area (Å²) in [4.78, 5) is 23.6. The Bertz CT molecular complexity index is 1180. The van der Waals surface area contributed by atoms with Crippen LogP contribution in [0.25, 0.3) is 6.08 Å². The van der Waals surface area contributed by atoms with Crippen molar-refractivity contribution in [1.29, 1.82) is 0 Å². The Morgan fingerprint density at radius 3 is 2.03 bits per heavy atom. The molecule has 3 rings (SSSR count). The number of amides is 1. The topological polar surface area (TPSA) is 66.4 Å². The fourth-order valence-corrected chi connectivity index (χ4v) is 3.88. The maximum Gasteiger partial charge on any atom is 0.417 e. The number of carboxylic acid groups (broad SMARTS) is 1. The smallest absolute Gasteiger partial charge is 0.417 e. The second kappa shape index (κ2) is 9.55. The zero-order valence-corrected chi connectivity index (χ0v) is 19.5. The fourth-order valence-electron chi connectivity index (χ4n) is 3.27. The van der Waals surface area contributed by atoms with Crippen LogP contribution >= 0.6 is 34.8 Å². The molecular formula is C22H14Cl3F6NO3. The molecule has 35 heavy (non-hydrogen) atoms. The summed E-state index contributed by atoms with van der Waals surface area (Å²) >= 11 is 17.4. The van der Waals surface area contributed by atoms with Crippen LogP contribution in [-0.4, -0.2) is 28.7 Å². The van der Waals surface area contributed by atoms with E-state index in [-0.39, 0.29) is 39.0 Å². The molecule has 2 N–H and O–H groups in total. The molecule has 1 saturated carbocycles. The molecule has 2 aromatic rings. The fraction of sp³-hybridized carbons (Fsp3) is 0.273. The average Bonchev–Trinajstić information content (AvgIpc) is 3.51.